The van der Waals surface area contributed by atoms with Crippen LogP contribution in [0.2, 0.25) is 5.02 Å². The van der Waals surface area contributed by atoms with Crippen LogP contribution in [0.3, 0.4) is 0 Å². The zero-order valence-corrected chi connectivity index (χ0v) is 13.2. The first kappa shape index (κ1) is 14.2. The maximum Gasteiger partial charge on any atom is 0.142 e. The smallest absolute Gasteiger partial charge is 0.142 e. The Hall–Kier alpha value is -1.71. The minimum Gasteiger partial charge on any atom is -0.495 e. The number of aromatic nitrogens is 2. The Labute approximate surface area is 133 Å². The molecular formula is C16H14Cl2N2O. The van der Waals surface area contributed by atoms with Gasteiger partial charge in [0.05, 0.1) is 29.2 Å². The molecule has 1 heterocycles. The molecule has 1 aromatic heterocycles. The molecule has 5 heteroatoms. The number of methoxy groups -OCH3 is 1. The SMILES string of the molecule is COc1ccccc1-n1c(C(C)Cl)nc2cc(Cl)ccc21. The van der Waals surface area contributed by atoms with Gasteiger partial charge in [0.2, 0.25) is 0 Å². The van der Waals surface area contributed by atoms with Crippen molar-refractivity contribution in [3.8, 4) is 11.4 Å². The van der Waals surface area contributed by atoms with E-state index < -0.39 is 0 Å². The van der Waals surface area contributed by atoms with Gasteiger partial charge >= 0.3 is 0 Å². The second-order valence-electron chi connectivity index (χ2n) is 4.73. The summed E-state index contributed by atoms with van der Waals surface area (Å²) in [5.41, 5.74) is 2.68. The molecule has 1 unspecified atom stereocenters. The Bertz CT molecular complexity index is 796. The van der Waals surface area contributed by atoms with Gasteiger partial charge in [-0.3, -0.25) is 4.57 Å². The van der Waals surface area contributed by atoms with Gasteiger partial charge in [0.15, 0.2) is 0 Å². The number of hydrogen-bond donors (Lipinski definition) is 0. The lowest BCUT2D eigenvalue weighted by atomic mass is 10.2. The lowest BCUT2D eigenvalue weighted by Gasteiger charge is -2.14. The highest BCUT2D eigenvalue weighted by molar-refractivity contribution is 6.31. The minimum atomic E-state index is -0.235. The topological polar surface area (TPSA) is 27.1 Å². The van der Waals surface area contributed by atoms with Crippen molar-refractivity contribution in [1.29, 1.82) is 0 Å². The third-order valence-corrected chi connectivity index (χ3v) is 3.75. The Morgan fingerprint density at radius 3 is 2.67 bits per heavy atom. The average molecular weight is 321 g/mol. The number of imidazole rings is 1. The highest BCUT2D eigenvalue weighted by Gasteiger charge is 2.18. The van der Waals surface area contributed by atoms with Gasteiger partial charge in [-0.05, 0) is 37.3 Å². The third kappa shape index (κ3) is 2.47. The van der Waals surface area contributed by atoms with E-state index in [0.29, 0.717) is 5.02 Å². The molecule has 0 aliphatic heterocycles. The van der Waals surface area contributed by atoms with E-state index in [2.05, 4.69) is 4.98 Å². The fourth-order valence-electron chi connectivity index (χ4n) is 2.41. The van der Waals surface area contributed by atoms with Crippen LogP contribution in [0.5, 0.6) is 5.75 Å². The number of alkyl halides is 1. The lowest BCUT2D eigenvalue weighted by molar-refractivity contribution is 0.413. The molecule has 0 amide bonds. The standard InChI is InChI=1S/C16H14Cl2N2O/c1-10(17)16-19-12-9-11(18)7-8-13(12)20(16)14-5-3-4-6-15(14)21-2/h3-10H,1-2H3. The summed E-state index contributed by atoms with van der Waals surface area (Å²) in [6.45, 7) is 1.90. The summed E-state index contributed by atoms with van der Waals surface area (Å²) < 4.78 is 7.47. The van der Waals surface area contributed by atoms with Gasteiger partial charge in [-0.25, -0.2) is 4.98 Å². The van der Waals surface area contributed by atoms with Crippen LogP contribution in [0, 0.1) is 0 Å². The van der Waals surface area contributed by atoms with Crippen LogP contribution in [-0.2, 0) is 0 Å². The number of halogens is 2. The molecule has 0 radical (unpaired) electrons. The van der Waals surface area contributed by atoms with Gasteiger partial charge in [0.25, 0.3) is 0 Å². The number of rotatable bonds is 3. The number of nitrogens with zero attached hydrogens (tertiary/aromatic N) is 2. The van der Waals surface area contributed by atoms with Crippen molar-refractivity contribution in [3.05, 3.63) is 53.3 Å². The maximum absolute atomic E-state index is 6.31. The first-order valence-corrected chi connectivity index (χ1v) is 7.38. The number of para-hydroxylation sites is 2. The molecule has 0 aliphatic carbocycles. The third-order valence-electron chi connectivity index (χ3n) is 3.32. The Morgan fingerprint density at radius 1 is 1.19 bits per heavy atom. The molecular weight excluding hydrogens is 307 g/mol. The van der Waals surface area contributed by atoms with E-state index in [4.69, 9.17) is 27.9 Å². The monoisotopic (exact) mass is 320 g/mol. The van der Waals surface area contributed by atoms with E-state index in [0.717, 1.165) is 28.3 Å². The first-order chi connectivity index (χ1) is 10.1. The fourth-order valence-corrected chi connectivity index (χ4v) is 2.72. The van der Waals surface area contributed by atoms with E-state index in [1.807, 2.05) is 54.0 Å². The molecule has 3 nitrogen and oxygen atoms in total. The van der Waals surface area contributed by atoms with Crippen molar-refractivity contribution in [2.45, 2.75) is 12.3 Å². The van der Waals surface area contributed by atoms with Crippen LogP contribution in [0.15, 0.2) is 42.5 Å². The number of benzene rings is 2. The minimum absolute atomic E-state index is 0.235. The number of fused-ring (bicyclic) bond motifs is 1. The quantitative estimate of drug-likeness (QED) is 0.636. The van der Waals surface area contributed by atoms with Gasteiger partial charge < -0.3 is 4.74 Å². The second kappa shape index (κ2) is 5.58. The number of ether oxygens (including phenoxy) is 1. The van der Waals surface area contributed by atoms with Gasteiger partial charge in [0.1, 0.15) is 11.6 Å². The predicted octanol–water partition coefficient (Wildman–Crippen LogP) is 4.99. The zero-order chi connectivity index (χ0) is 15.0. The summed E-state index contributed by atoms with van der Waals surface area (Å²) in [6.07, 6.45) is 0. The molecule has 0 saturated carbocycles. The maximum atomic E-state index is 6.31. The van der Waals surface area contributed by atoms with Crippen LogP contribution < -0.4 is 4.74 Å². The van der Waals surface area contributed by atoms with E-state index in [1.54, 1.807) is 7.11 Å². The molecule has 2 aromatic carbocycles. The van der Waals surface area contributed by atoms with Gasteiger partial charge in [0, 0.05) is 5.02 Å². The Morgan fingerprint density at radius 2 is 1.95 bits per heavy atom. The van der Waals surface area contributed by atoms with E-state index in [1.165, 1.54) is 0 Å². The molecule has 0 N–H and O–H groups in total. The van der Waals surface area contributed by atoms with Crippen molar-refractivity contribution in [2.24, 2.45) is 0 Å². The molecule has 0 saturated heterocycles. The van der Waals surface area contributed by atoms with Crippen molar-refractivity contribution < 1.29 is 4.74 Å². The zero-order valence-electron chi connectivity index (χ0n) is 11.7. The highest BCUT2D eigenvalue weighted by Crippen LogP contribution is 2.33. The lowest BCUT2D eigenvalue weighted by Crippen LogP contribution is -2.03. The Kier molecular flexibility index (Phi) is 3.79. The van der Waals surface area contributed by atoms with Crippen LogP contribution in [0.1, 0.15) is 18.1 Å². The number of hydrogen-bond acceptors (Lipinski definition) is 2. The summed E-state index contributed by atoms with van der Waals surface area (Å²) in [6, 6.07) is 13.4. The summed E-state index contributed by atoms with van der Waals surface area (Å²) in [4.78, 5) is 4.62. The average Bonchev–Trinajstić information content (AvgIpc) is 2.85. The van der Waals surface area contributed by atoms with Gasteiger partial charge in [-0.15, -0.1) is 11.6 Å². The largest absolute Gasteiger partial charge is 0.495 e. The van der Waals surface area contributed by atoms with Crippen molar-refractivity contribution in [2.75, 3.05) is 7.11 Å². The molecule has 0 aliphatic rings. The van der Waals surface area contributed by atoms with Gasteiger partial charge in [-0.2, -0.15) is 0 Å². The van der Waals surface area contributed by atoms with E-state index in [-0.39, 0.29) is 5.38 Å². The highest BCUT2D eigenvalue weighted by atomic mass is 35.5. The Balaban J connectivity index is 2.37. The summed E-state index contributed by atoms with van der Waals surface area (Å²) in [5, 5.41) is 0.419. The van der Waals surface area contributed by atoms with Crippen LogP contribution >= 0.6 is 23.2 Å². The van der Waals surface area contributed by atoms with Gasteiger partial charge in [-0.1, -0.05) is 23.7 Å². The summed E-state index contributed by atoms with van der Waals surface area (Å²) in [5.74, 6) is 1.53. The van der Waals surface area contributed by atoms with Crippen molar-refractivity contribution in [3.63, 3.8) is 0 Å². The molecule has 21 heavy (non-hydrogen) atoms. The fraction of sp³-hybridized carbons (Fsp3) is 0.188. The van der Waals surface area contributed by atoms with Crippen molar-refractivity contribution in [1.82, 2.24) is 9.55 Å². The second-order valence-corrected chi connectivity index (χ2v) is 5.82. The summed E-state index contributed by atoms with van der Waals surface area (Å²) >= 11 is 12.4. The van der Waals surface area contributed by atoms with Crippen LogP contribution in [0.25, 0.3) is 16.7 Å². The molecule has 0 fully saturated rings. The molecule has 3 aromatic rings. The van der Waals surface area contributed by atoms with E-state index >= 15 is 0 Å². The molecule has 0 bridgehead atoms. The molecule has 0 spiro atoms. The predicted molar refractivity (Wildman–Crippen MR) is 86.9 cm³/mol. The van der Waals surface area contributed by atoms with Crippen LogP contribution in [-0.4, -0.2) is 16.7 Å². The molecule has 108 valence electrons. The van der Waals surface area contributed by atoms with E-state index in [9.17, 15) is 0 Å². The normalized spacial score (nSPS) is 12.6. The first-order valence-electron chi connectivity index (χ1n) is 6.57. The van der Waals surface area contributed by atoms with Crippen molar-refractivity contribution >= 4 is 34.2 Å². The summed E-state index contributed by atoms with van der Waals surface area (Å²) in [7, 11) is 1.65. The van der Waals surface area contributed by atoms with Crippen LogP contribution in [0.4, 0.5) is 0 Å². The molecule has 1 atom stereocenters. The molecule has 3 rings (SSSR count).